The Morgan fingerprint density at radius 2 is 1.94 bits per heavy atom. The Balaban J connectivity index is 2.02. The molecule has 0 aliphatic rings. The van der Waals surface area contributed by atoms with Crippen molar-refractivity contribution in [1.82, 2.24) is 14.9 Å². The Kier molecular flexibility index (Phi) is 5.77. The van der Waals surface area contributed by atoms with Crippen LogP contribution in [0.15, 0.2) is 47.7 Å². The van der Waals surface area contributed by atoms with Crippen molar-refractivity contribution in [2.75, 3.05) is 11.2 Å². The Morgan fingerprint density at radius 3 is 2.58 bits per heavy atom. The first-order chi connectivity index (χ1) is 14.6. The summed E-state index contributed by atoms with van der Waals surface area (Å²) >= 11 is 0. The van der Waals surface area contributed by atoms with Gasteiger partial charge < -0.3 is 21.7 Å². The average molecular weight is 437 g/mol. The summed E-state index contributed by atoms with van der Waals surface area (Å²) in [5, 5.41) is 12.3. The van der Waals surface area contributed by atoms with Gasteiger partial charge in [-0.3, -0.25) is 9.47 Å². The number of carbonyl (C=O) groups is 1. The predicted molar refractivity (Wildman–Crippen MR) is 101 cm³/mol. The number of rotatable bonds is 4. The van der Waals surface area contributed by atoms with E-state index in [1.807, 2.05) is 0 Å². The molecule has 2 heterocycles. The van der Waals surface area contributed by atoms with Gasteiger partial charge in [0.2, 0.25) is 0 Å². The number of ether oxygens (including phenoxy) is 1. The van der Waals surface area contributed by atoms with E-state index in [-0.39, 0.29) is 16.9 Å². The minimum absolute atomic E-state index is 0.0811. The number of benzene rings is 1. The Hall–Kier alpha value is -4.16. The average Bonchev–Trinajstić information content (AvgIpc) is 2.70. The Bertz CT molecular complexity index is 1210. The van der Waals surface area contributed by atoms with E-state index in [9.17, 15) is 22.4 Å². The lowest BCUT2D eigenvalue weighted by Gasteiger charge is -2.14. The van der Waals surface area contributed by atoms with Gasteiger partial charge in [0, 0.05) is 18.0 Å². The van der Waals surface area contributed by atoms with E-state index in [1.54, 1.807) is 0 Å². The predicted octanol–water partition coefficient (Wildman–Crippen LogP) is 2.28. The van der Waals surface area contributed by atoms with Crippen molar-refractivity contribution in [3.05, 3.63) is 70.7 Å². The summed E-state index contributed by atoms with van der Waals surface area (Å²) in [6.07, 6.45) is -3.53. The van der Waals surface area contributed by atoms with E-state index in [4.69, 9.17) is 16.4 Å². The van der Waals surface area contributed by atoms with E-state index in [0.717, 1.165) is 16.8 Å². The molecule has 0 fully saturated rings. The third kappa shape index (κ3) is 4.88. The minimum Gasteiger partial charge on any atom is -0.437 e. The number of nitrogens with zero attached hydrogens (tertiary/aromatic N) is 4. The SMILES string of the molecule is Cc1cc(F)ccc1Oc1nnc(C(F)(F)F)cc1C(=O)Nc1ccn(N)/c(=N\N)c1. The van der Waals surface area contributed by atoms with Crippen LogP contribution in [0.5, 0.6) is 11.6 Å². The maximum Gasteiger partial charge on any atom is 0.435 e. The van der Waals surface area contributed by atoms with E-state index in [1.165, 1.54) is 31.3 Å². The highest BCUT2D eigenvalue weighted by Crippen LogP contribution is 2.32. The molecule has 0 aliphatic carbocycles. The fourth-order valence-corrected chi connectivity index (χ4v) is 2.47. The monoisotopic (exact) mass is 437 g/mol. The highest BCUT2D eigenvalue weighted by Gasteiger charge is 2.35. The van der Waals surface area contributed by atoms with Crippen LogP contribution < -0.4 is 27.2 Å². The van der Waals surface area contributed by atoms with Crippen molar-refractivity contribution in [2.45, 2.75) is 13.1 Å². The molecule has 0 aliphatic heterocycles. The van der Waals surface area contributed by atoms with Gasteiger partial charge in [-0.2, -0.15) is 18.3 Å². The molecule has 0 saturated carbocycles. The highest BCUT2D eigenvalue weighted by molar-refractivity contribution is 6.05. The number of hydrogen-bond donors (Lipinski definition) is 3. The Morgan fingerprint density at radius 1 is 1.19 bits per heavy atom. The largest absolute Gasteiger partial charge is 0.437 e. The molecule has 5 N–H and O–H groups in total. The first-order valence-corrected chi connectivity index (χ1v) is 8.50. The number of nitrogens with one attached hydrogen (secondary N) is 1. The first-order valence-electron chi connectivity index (χ1n) is 8.50. The molecule has 0 unspecified atom stereocenters. The number of amides is 1. The lowest BCUT2D eigenvalue weighted by Crippen LogP contribution is -2.29. The summed E-state index contributed by atoms with van der Waals surface area (Å²) in [7, 11) is 0. The fraction of sp³-hybridized carbons (Fsp3) is 0.111. The van der Waals surface area contributed by atoms with Gasteiger partial charge in [0.15, 0.2) is 11.2 Å². The van der Waals surface area contributed by atoms with Crippen LogP contribution in [-0.4, -0.2) is 20.8 Å². The molecule has 2 aromatic heterocycles. The van der Waals surface area contributed by atoms with Crippen LogP contribution in [0.25, 0.3) is 0 Å². The molecule has 0 radical (unpaired) electrons. The molecule has 31 heavy (non-hydrogen) atoms. The second kappa shape index (κ2) is 8.30. The molecule has 0 atom stereocenters. The van der Waals surface area contributed by atoms with Crippen molar-refractivity contribution in [1.29, 1.82) is 0 Å². The zero-order valence-corrected chi connectivity index (χ0v) is 15.8. The number of halogens is 4. The summed E-state index contributed by atoms with van der Waals surface area (Å²) < 4.78 is 59.2. The Labute approximate surface area is 171 Å². The normalized spacial score (nSPS) is 12.0. The molecular weight excluding hydrogens is 422 g/mol. The number of aromatic nitrogens is 3. The third-order valence-electron chi connectivity index (χ3n) is 3.99. The van der Waals surface area contributed by atoms with Crippen molar-refractivity contribution in [2.24, 2.45) is 10.9 Å². The topological polar surface area (TPSA) is 133 Å². The summed E-state index contributed by atoms with van der Waals surface area (Å²) in [5.41, 5.74) is -1.39. The lowest BCUT2D eigenvalue weighted by molar-refractivity contribution is -0.141. The standard InChI is InChI=1S/C18H15F4N7O2/c1-9-6-10(19)2-3-13(9)31-17-12(8-14(27-28-17)18(20,21)22)16(30)25-11-4-5-29(24)15(7-11)26-23/h2-8H,23-24H2,1H3,(H,25,30)/b26-15-. The van der Waals surface area contributed by atoms with Crippen LogP contribution in [-0.2, 0) is 6.18 Å². The van der Waals surface area contributed by atoms with Crippen LogP contribution >= 0.6 is 0 Å². The maximum absolute atomic E-state index is 13.3. The number of anilines is 1. The molecule has 1 aromatic carbocycles. The molecule has 3 aromatic rings. The minimum atomic E-state index is -4.85. The van der Waals surface area contributed by atoms with Crippen molar-refractivity contribution in [3.63, 3.8) is 0 Å². The lowest BCUT2D eigenvalue weighted by atomic mass is 10.2. The summed E-state index contributed by atoms with van der Waals surface area (Å²) in [6.45, 7) is 1.51. The molecule has 3 rings (SSSR count). The van der Waals surface area contributed by atoms with Gasteiger partial charge in [0.25, 0.3) is 11.8 Å². The second-order valence-electron chi connectivity index (χ2n) is 6.22. The highest BCUT2D eigenvalue weighted by atomic mass is 19.4. The number of pyridine rings is 1. The van der Waals surface area contributed by atoms with Gasteiger partial charge in [-0.15, -0.1) is 10.2 Å². The van der Waals surface area contributed by atoms with Crippen LogP contribution in [0.3, 0.4) is 0 Å². The van der Waals surface area contributed by atoms with Crippen molar-refractivity contribution >= 4 is 11.6 Å². The molecule has 13 heteroatoms. The van der Waals surface area contributed by atoms with Gasteiger partial charge in [0.1, 0.15) is 17.1 Å². The molecule has 0 bridgehead atoms. The maximum atomic E-state index is 13.3. The molecule has 0 saturated heterocycles. The van der Waals surface area contributed by atoms with Gasteiger partial charge in [-0.05, 0) is 42.8 Å². The summed E-state index contributed by atoms with van der Waals surface area (Å²) in [6, 6.07) is 6.65. The van der Waals surface area contributed by atoms with E-state index < -0.39 is 35.0 Å². The van der Waals surface area contributed by atoms with Crippen LogP contribution in [0.1, 0.15) is 21.6 Å². The molecular formula is C18H15F4N7O2. The summed E-state index contributed by atoms with van der Waals surface area (Å²) in [5.74, 6) is 8.83. The van der Waals surface area contributed by atoms with E-state index in [0.29, 0.717) is 11.6 Å². The van der Waals surface area contributed by atoms with Gasteiger partial charge in [-0.1, -0.05) is 0 Å². The zero-order chi connectivity index (χ0) is 22.8. The van der Waals surface area contributed by atoms with E-state index in [2.05, 4.69) is 20.6 Å². The number of nitrogens with two attached hydrogens (primary N) is 2. The van der Waals surface area contributed by atoms with Crippen molar-refractivity contribution < 1.29 is 27.1 Å². The van der Waals surface area contributed by atoms with E-state index >= 15 is 0 Å². The van der Waals surface area contributed by atoms with Crippen LogP contribution in [0, 0.1) is 12.7 Å². The number of hydrogen-bond acceptors (Lipinski definition) is 7. The van der Waals surface area contributed by atoms with Gasteiger partial charge >= 0.3 is 6.18 Å². The quantitative estimate of drug-likeness (QED) is 0.326. The number of carbonyl (C=O) groups excluding carboxylic acids is 1. The molecule has 0 spiro atoms. The molecule has 9 nitrogen and oxygen atoms in total. The molecule has 1 amide bonds. The first kappa shape index (κ1) is 21.5. The smallest absolute Gasteiger partial charge is 0.435 e. The van der Waals surface area contributed by atoms with Gasteiger partial charge in [0.05, 0.1) is 0 Å². The van der Waals surface area contributed by atoms with Crippen LogP contribution in [0.4, 0.5) is 23.2 Å². The van der Waals surface area contributed by atoms with Crippen molar-refractivity contribution in [3.8, 4) is 11.6 Å². The second-order valence-corrected chi connectivity index (χ2v) is 6.22. The third-order valence-corrected chi connectivity index (χ3v) is 3.99. The fourth-order valence-electron chi connectivity index (χ4n) is 2.47. The van der Waals surface area contributed by atoms with Gasteiger partial charge in [-0.25, -0.2) is 4.39 Å². The summed E-state index contributed by atoms with van der Waals surface area (Å²) in [4.78, 5) is 12.7. The zero-order valence-electron chi connectivity index (χ0n) is 15.8. The molecule has 162 valence electrons. The number of aryl methyl sites for hydroxylation is 1. The number of nitrogen functional groups attached to an aromatic ring is 1. The van der Waals surface area contributed by atoms with Crippen LogP contribution in [0.2, 0.25) is 0 Å². The number of alkyl halides is 3.